The van der Waals surface area contributed by atoms with Crippen LogP contribution < -0.4 is 15.4 Å². The summed E-state index contributed by atoms with van der Waals surface area (Å²) >= 11 is 0. The van der Waals surface area contributed by atoms with Gasteiger partial charge in [-0.25, -0.2) is 0 Å². The molecule has 0 spiro atoms. The number of halogens is 1. The van der Waals surface area contributed by atoms with Gasteiger partial charge >= 0.3 is 0 Å². The predicted octanol–water partition coefficient (Wildman–Crippen LogP) is 4.08. The monoisotopic (exact) mass is 360 g/mol. The maximum Gasteiger partial charge on any atom is 0.234 e. The molecule has 2 N–H and O–H groups in total. The summed E-state index contributed by atoms with van der Waals surface area (Å²) in [4.78, 5) is 11.9. The Kier molecular flexibility index (Phi) is 7.29. The summed E-state index contributed by atoms with van der Waals surface area (Å²) in [6, 6.07) is 17.5. The molecule has 0 bridgehead atoms. The Morgan fingerprint density at radius 2 is 1.72 bits per heavy atom. The van der Waals surface area contributed by atoms with Gasteiger partial charge in [-0.2, -0.15) is 0 Å². The van der Waals surface area contributed by atoms with E-state index in [0.29, 0.717) is 6.54 Å². The highest BCUT2D eigenvalue weighted by Crippen LogP contribution is 2.27. The molecular weight excluding hydrogens is 336 g/mol. The van der Waals surface area contributed by atoms with Crippen LogP contribution in [0.2, 0.25) is 0 Å². The molecule has 3 rings (SSSR count). The summed E-state index contributed by atoms with van der Waals surface area (Å²) in [6.45, 7) is 3.33. The van der Waals surface area contributed by atoms with Gasteiger partial charge in [-0.05, 0) is 62.1 Å². The van der Waals surface area contributed by atoms with Gasteiger partial charge in [0.2, 0.25) is 5.91 Å². The SMILES string of the molecule is CC(NC(=O)CNCC1CC1)c1ccc(Oc2ccccc2)cc1.Cl. The highest BCUT2D eigenvalue weighted by molar-refractivity contribution is 5.85. The quantitative estimate of drug-likeness (QED) is 0.745. The molecule has 0 aliphatic heterocycles. The fourth-order valence-electron chi connectivity index (χ4n) is 2.54. The lowest BCUT2D eigenvalue weighted by Crippen LogP contribution is -2.36. The second-order valence-electron chi connectivity index (χ2n) is 6.35. The van der Waals surface area contributed by atoms with Gasteiger partial charge in [0.25, 0.3) is 0 Å². The van der Waals surface area contributed by atoms with Crippen LogP contribution >= 0.6 is 12.4 Å². The average molecular weight is 361 g/mol. The lowest BCUT2D eigenvalue weighted by Gasteiger charge is -2.15. The first-order chi connectivity index (χ1) is 11.7. The van der Waals surface area contributed by atoms with E-state index >= 15 is 0 Å². The molecule has 1 unspecified atom stereocenters. The Bertz CT molecular complexity index is 657. The van der Waals surface area contributed by atoms with Crippen LogP contribution in [0.15, 0.2) is 54.6 Å². The standard InChI is InChI=1S/C20H24N2O2.ClH/c1-15(22-20(23)14-21-13-16-7-8-16)17-9-11-19(12-10-17)24-18-5-3-2-4-6-18;/h2-6,9-12,15-16,21H,7-8,13-14H2,1H3,(H,22,23);1H. The van der Waals surface area contributed by atoms with E-state index in [9.17, 15) is 4.79 Å². The Balaban J connectivity index is 0.00000225. The van der Waals surface area contributed by atoms with Gasteiger partial charge < -0.3 is 15.4 Å². The molecule has 134 valence electrons. The zero-order valence-corrected chi connectivity index (χ0v) is 15.2. The van der Waals surface area contributed by atoms with Crippen molar-refractivity contribution in [1.82, 2.24) is 10.6 Å². The molecule has 0 saturated heterocycles. The van der Waals surface area contributed by atoms with Crippen molar-refractivity contribution in [2.24, 2.45) is 5.92 Å². The number of ether oxygens (including phenoxy) is 1. The Morgan fingerprint density at radius 3 is 2.36 bits per heavy atom. The largest absolute Gasteiger partial charge is 0.457 e. The van der Waals surface area contributed by atoms with Gasteiger partial charge in [0.1, 0.15) is 11.5 Å². The predicted molar refractivity (Wildman–Crippen MR) is 102 cm³/mol. The van der Waals surface area contributed by atoms with Gasteiger partial charge in [0.05, 0.1) is 12.6 Å². The molecule has 25 heavy (non-hydrogen) atoms. The summed E-state index contributed by atoms with van der Waals surface area (Å²) in [5.74, 6) is 2.42. The highest BCUT2D eigenvalue weighted by Gasteiger charge is 2.20. The maximum absolute atomic E-state index is 11.9. The van der Waals surface area contributed by atoms with Gasteiger partial charge in [-0.3, -0.25) is 4.79 Å². The molecule has 4 nitrogen and oxygen atoms in total. The van der Waals surface area contributed by atoms with E-state index in [1.165, 1.54) is 12.8 Å². The molecule has 0 heterocycles. The van der Waals surface area contributed by atoms with Crippen LogP contribution in [0.4, 0.5) is 0 Å². The van der Waals surface area contributed by atoms with Crippen LogP contribution in [-0.2, 0) is 4.79 Å². The topological polar surface area (TPSA) is 50.4 Å². The number of benzene rings is 2. The van der Waals surface area contributed by atoms with E-state index < -0.39 is 0 Å². The van der Waals surface area contributed by atoms with Gasteiger partial charge in [-0.1, -0.05) is 30.3 Å². The molecule has 0 aromatic heterocycles. The summed E-state index contributed by atoms with van der Waals surface area (Å²) < 4.78 is 5.78. The lowest BCUT2D eigenvalue weighted by atomic mass is 10.1. The lowest BCUT2D eigenvalue weighted by molar-refractivity contribution is -0.120. The van der Waals surface area contributed by atoms with E-state index in [4.69, 9.17) is 4.74 Å². The number of nitrogens with one attached hydrogen (secondary N) is 2. The van der Waals surface area contributed by atoms with Crippen LogP contribution in [0.3, 0.4) is 0 Å². The van der Waals surface area contributed by atoms with Crippen molar-refractivity contribution in [2.45, 2.75) is 25.8 Å². The van der Waals surface area contributed by atoms with Crippen molar-refractivity contribution in [1.29, 1.82) is 0 Å². The fraction of sp³-hybridized carbons (Fsp3) is 0.350. The summed E-state index contributed by atoms with van der Waals surface area (Å²) in [5.41, 5.74) is 1.06. The number of para-hydroxylation sites is 1. The zero-order valence-electron chi connectivity index (χ0n) is 14.4. The third-order valence-corrected chi connectivity index (χ3v) is 4.15. The van der Waals surface area contributed by atoms with Gasteiger partial charge in [-0.15, -0.1) is 12.4 Å². The van der Waals surface area contributed by atoms with Crippen LogP contribution in [-0.4, -0.2) is 19.0 Å². The smallest absolute Gasteiger partial charge is 0.234 e. The van der Waals surface area contributed by atoms with E-state index in [-0.39, 0.29) is 24.4 Å². The van der Waals surface area contributed by atoms with E-state index in [1.807, 2.05) is 61.5 Å². The summed E-state index contributed by atoms with van der Waals surface area (Å²) in [7, 11) is 0. The molecule has 1 fully saturated rings. The fourth-order valence-corrected chi connectivity index (χ4v) is 2.54. The molecule has 2 aromatic rings. The number of amides is 1. The van der Waals surface area contributed by atoms with Gasteiger partial charge in [0.15, 0.2) is 0 Å². The van der Waals surface area contributed by atoms with Crippen LogP contribution in [0.5, 0.6) is 11.5 Å². The number of rotatable bonds is 8. The van der Waals surface area contributed by atoms with Crippen LogP contribution in [0.1, 0.15) is 31.4 Å². The minimum atomic E-state index is -0.0222. The Morgan fingerprint density at radius 1 is 1.08 bits per heavy atom. The molecule has 1 aliphatic rings. The first-order valence-electron chi connectivity index (χ1n) is 8.53. The highest BCUT2D eigenvalue weighted by atomic mass is 35.5. The minimum Gasteiger partial charge on any atom is -0.457 e. The van der Waals surface area contributed by atoms with Crippen molar-refractivity contribution in [2.75, 3.05) is 13.1 Å². The number of carbonyl (C=O) groups is 1. The first-order valence-corrected chi connectivity index (χ1v) is 8.53. The zero-order chi connectivity index (χ0) is 16.8. The third-order valence-electron chi connectivity index (χ3n) is 4.15. The summed E-state index contributed by atoms with van der Waals surface area (Å²) in [6.07, 6.45) is 2.59. The van der Waals surface area contributed by atoms with Crippen LogP contribution in [0, 0.1) is 5.92 Å². The molecule has 1 amide bonds. The van der Waals surface area contributed by atoms with Crippen molar-refractivity contribution in [3.05, 3.63) is 60.2 Å². The van der Waals surface area contributed by atoms with E-state index in [2.05, 4.69) is 10.6 Å². The Labute approximate surface area is 155 Å². The molecule has 0 radical (unpaired) electrons. The molecule has 1 aliphatic carbocycles. The second-order valence-corrected chi connectivity index (χ2v) is 6.35. The van der Waals surface area contributed by atoms with Crippen molar-refractivity contribution >= 4 is 18.3 Å². The molecule has 1 saturated carbocycles. The second kappa shape index (κ2) is 9.44. The third kappa shape index (κ3) is 6.40. The van der Waals surface area contributed by atoms with Crippen molar-refractivity contribution < 1.29 is 9.53 Å². The maximum atomic E-state index is 11.9. The van der Waals surface area contributed by atoms with E-state index in [0.717, 1.165) is 29.5 Å². The number of carbonyl (C=O) groups excluding carboxylic acids is 1. The summed E-state index contributed by atoms with van der Waals surface area (Å²) in [5, 5.41) is 6.23. The molecular formula is C20H25ClN2O2. The van der Waals surface area contributed by atoms with Crippen molar-refractivity contribution in [3.63, 3.8) is 0 Å². The molecule has 5 heteroatoms. The first kappa shape index (κ1) is 19.3. The average Bonchev–Trinajstić information content (AvgIpc) is 3.41. The molecule has 1 atom stereocenters. The van der Waals surface area contributed by atoms with Gasteiger partial charge in [0, 0.05) is 0 Å². The molecule has 2 aromatic carbocycles. The number of hydrogen-bond acceptors (Lipinski definition) is 3. The minimum absolute atomic E-state index is 0. The number of hydrogen-bond donors (Lipinski definition) is 2. The normalized spacial score (nSPS) is 14.3. The van der Waals surface area contributed by atoms with Crippen molar-refractivity contribution in [3.8, 4) is 11.5 Å². The van der Waals surface area contributed by atoms with E-state index in [1.54, 1.807) is 0 Å². The van der Waals surface area contributed by atoms with Crippen LogP contribution in [0.25, 0.3) is 0 Å². The Hall–Kier alpha value is -2.04.